The number of nitrogens with zero attached hydrogens (tertiary/aromatic N) is 3. The predicted octanol–water partition coefficient (Wildman–Crippen LogP) is 4.60. The smallest absolute Gasteiger partial charge is 0.416 e. The van der Waals surface area contributed by atoms with Crippen molar-refractivity contribution in [2.24, 2.45) is 0 Å². The number of rotatable bonds is 8. The fraction of sp³-hybridized carbons (Fsp3) is 0.375. The molecule has 1 aromatic heterocycles. The normalized spacial score (nSPS) is 17.5. The lowest BCUT2D eigenvalue weighted by atomic mass is 9.86. The van der Waals surface area contributed by atoms with E-state index in [0.29, 0.717) is 19.8 Å². The van der Waals surface area contributed by atoms with Crippen LogP contribution in [0.25, 0.3) is 11.3 Å². The van der Waals surface area contributed by atoms with Crippen LogP contribution in [-0.4, -0.2) is 41.8 Å². The van der Waals surface area contributed by atoms with E-state index in [9.17, 15) is 21.6 Å². The van der Waals surface area contributed by atoms with Crippen LogP contribution in [0, 0.1) is 0 Å². The monoisotopic (exact) mass is 507 g/mol. The van der Waals surface area contributed by atoms with Gasteiger partial charge < -0.3 is 9.47 Å². The van der Waals surface area contributed by atoms with Crippen molar-refractivity contribution in [1.29, 1.82) is 0 Å². The van der Waals surface area contributed by atoms with E-state index in [1.165, 1.54) is 12.1 Å². The van der Waals surface area contributed by atoms with Crippen LogP contribution in [0.1, 0.15) is 30.9 Å². The Morgan fingerprint density at radius 1 is 1.14 bits per heavy atom. The fourth-order valence-electron chi connectivity index (χ4n) is 4.40. The molecule has 2 aromatic carbocycles. The molecule has 7 nitrogen and oxygen atoms in total. The zero-order valence-electron chi connectivity index (χ0n) is 18.9. The Balaban J connectivity index is 1.44. The average Bonchev–Trinajstić information content (AvgIpc) is 3.54. The summed E-state index contributed by atoms with van der Waals surface area (Å²) in [6, 6.07) is 13.8. The van der Waals surface area contributed by atoms with Crippen molar-refractivity contribution in [3.05, 3.63) is 65.7 Å². The first-order valence-electron chi connectivity index (χ1n) is 11.3. The largest absolute Gasteiger partial charge is 0.438 e. The van der Waals surface area contributed by atoms with Crippen LogP contribution < -0.4 is 4.74 Å². The summed E-state index contributed by atoms with van der Waals surface area (Å²) in [6.45, 7) is 3.04. The quantitative estimate of drug-likeness (QED) is 0.452. The molecule has 2 fully saturated rings. The molecular formula is C24H24F3N3O4S. The number of hydrogen-bond acceptors (Lipinski definition) is 5. The fourth-order valence-corrected chi connectivity index (χ4v) is 5.44. The number of ether oxygens (including phenoxy) is 2. The van der Waals surface area contributed by atoms with Gasteiger partial charge in [-0.2, -0.15) is 17.5 Å². The lowest BCUT2D eigenvalue weighted by Gasteiger charge is -2.47. The van der Waals surface area contributed by atoms with Crippen LogP contribution in [0.15, 0.2) is 54.6 Å². The highest BCUT2D eigenvalue weighted by molar-refractivity contribution is 7.69. The van der Waals surface area contributed by atoms with Gasteiger partial charge in [-0.25, -0.2) is 8.42 Å². The molecule has 186 valence electrons. The minimum absolute atomic E-state index is 0.00794. The molecular weight excluding hydrogens is 483 g/mol. The summed E-state index contributed by atoms with van der Waals surface area (Å²) >= 11 is 0. The first-order chi connectivity index (χ1) is 16.7. The zero-order valence-corrected chi connectivity index (χ0v) is 19.8. The standard InChI is InChI=1S/C24H24F3N3O4S/c1-2-29-21(13-22(28-29)34-20-10-6-17(7-11-20)24(25,26)27)16-4-3-5-18(12-16)23(14-33-15-23)30(35(31)32)19-8-9-19/h3-7,10-13,19,35H,2,8-9,14-15H2,1H3. The lowest BCUT2D eigenvalue weighted by molar-refractivity contribution is -0.137. The SMILES string of the molecule is CCn1nc(Oc2ccc(C(F)(F)F)cc2)cc1-c1cccc(C2(N(C3CC3)[SH](=O)=O)COC2)c1. The van der Waals surface area contributed by atoms with E-state index in [0.717, 1.165) is 41.8 Å². The first kappa shape index (κ1) is 23.8. The van der Waals surface area contributed by atoms with Gasteiger partial charge in [0.1, 0.15) is 11.3 Å². The molecule has 0 unspecified atom stereocenters. The van der Waals surface area contributed by atoms with Gasteiger partial charge in [0.15, 0.2) is 0 Å². The molecule has 2 aliphatic rings. The molecule has 0 amide bonds. The summed E-state index contributed by atoms with van der Waals surface area (Å²) in [5.41, 5.74) is 0.943. The predicted molar refractivity (Wildman–Crippen MR) is 123 cm³/mol. The second-order valence-electron chi connectivity index (χ2n) is 8.73. The molecule has 0 radical (unpaired) electrons. The first-order valence-corrected chi connectivity index (χ1v) is 12.4. The van der Waals surface area contributed by atoms with E-state index in [1.807, 2.05) is 31.2 Å². The maximum atomic E-state index is 12.8. The Hall–Kier alpha value is -2.89. The molecule has 0 spiro atoms. The maximum absolute atomic E-state index is 12.8. The number of halogens is 3. The van der Waals surface area contributed by atoms with E-state index in [1.54, 1.807) is 15.1 Å². The summed E-state index contributed by atoms with van der Waals surface area (Å²) < 4.78 is 77.2. The summed E-state index contributed by atoms with van der Waals surface area (Å²) in [4.78, 5) is 0. The Kier molecular flexibility index (Phi) is 6.10. The number of aryl methyl sites for hydroxylation is 1. The van der Waals surface area contributed by atoms with Gasteiger partial charge >= 0.3 is 6.18 Å². The van der Waals surface area contributed by atoms with Crippen LogP contribution in [0.3, 0.4) is 0 Å². The van der Waals surface area contributed by atoms with Crippen molar-refractivity contribution >= 4 is 10.9 Å². The van der Waals surface area contributed by atoms with Crippen molar-refractivity contribution in [1.82, 2.24) is 14.1 Å². The van der Waals surface area contributed by atoms with Crippen molar-refractivity contribution in [2.45, 2.75) is 44.1 Å². The Morgan fingerprint density at radius 3 is 2.40 bits per heavy atom. The minimum atomic E-state index is -4.42. The summed E-state index contributed by atoms with van der Waals surface area (Å²) in [7, 11) is -2.77. The molecule has 0 atom stereocenters. The minimum Gasteiger partial charge on any atom is -0.438 e. The van der Waals surface area contributed by atoms with Crippen LogP contribution in [-0.2, 0) is 33.9 Å². The second-order valence-corrected chi connectivity index (χ2v) is 9.63. The van der Waals surface area contributed by atoms with Crippen LogP contribution >= 0.6 is 0 Å². The molecule has 35 heavy (non-hydrogen) atoms. The molecule has 1 saturated heterocycles. The van der Waals surface area contributed by atoms with Gasteiger partial charge in [-0.1, -0.05) is 18.2 Å². The van der Waals surface area contributed by atoms with Gasteiger partial charge in [0, 0.05) is 24.2 Å². The number of alkyl halides is 3. The molecule has 11 heteroatoms. The van der Waals surface area contributed by atoms with Gasteiger partial charge in [-0.3, -0.25) is 4.68 Å². The van der Waals surface area contributed by atoms with Crippen molar-refractivity contribution in [3.63, 3.8) is 0 Å². The molecule has 1 aliphatic heterocycles. The molecule has 1 aliphatic carbocycles. The summed E-state index contributed by atoms with van der Waals surface area (Å²) in [5, 5.41) is 4.44. The summed E-state index contributed by atoms with van der Waals surface area (Å²) in [5.74, 6) is 0.486. The third-order valence-electron chi connectivity index (χ3n) is 6.35. The zero-order chi connectivity index (χ0) is 24.8. The highest BCUT2D eigenvalue weighted by Crippen LogP contribution is 2.44. The molecule has 5 rings (SSSR count). The Labute approximate surface area is 202 Å². The van der Waals surface area contributed by atoms with E-state index in [-0.39, 0.29) is 17.7 Å². The second kappa shape index (κ2) is 8.96. The van der Waals surface area contributed by atoms with E-state index < -0.39 is 28.2 Å². The topological polar surface area (TPSA) is 73.7 Å². The van der Waals surface area contributed by atoms with Crippen LogP contribution in [0.4, 0.5) is 13.2 Å². The molecule has 2 heterocycles. The average molecular weight is 508 g/mol. The van der Waals surface area contributed by atoms with Crippen LogP contribution in [0.5, 0.6) is 11.6 Å². The highest BCUT2D eigenvalue weighted by atomic mass is 32.2. The Bertz CT molecular complexity index is 1290. The van der Waals surface area contributed by atoms with Gasteiger partial charge in [0.25, 0.3) is 0 Å². The van der Waals surface area contributed by atoms with E-state index in [2.05, 4.69) is 5.10 Å². The number of benzene rings is 2. The summed E-state index contributed by atoms with van der Waals surface area (Å²) in [6.07, 6.45) is -2.73. The number of thiol groups is 1. The molecule has 0 bridgehead atoms. The third-order valence-corrected chi connectivity index (χ3v) is 7.41. The molecule has 1 saturated carbocycles. The third kappa shape index (κ3) is 4.55. The van der Waals surface area contributed by atoms with Gasteiger partial charge in [0.05, 0.1) is 24.5 Å². The maximum Gasteiger partial charge on any atom is 0.416 e. The van der Waals surface area contributed by atoms with Gasteiger partial charge in [0.2, 0.25) is 16.8 Å². The van der Waals surface area contributed by atoms with E-state index >= 15 is 0 Å². The Morgan fingerprint density at radius 2 is 1.86 bits per heavy atom. The molecule has 3 aromatic rings. The number of aromatic nitrogens is 2. The molecule has 0 N–H and O–H groups in total. The van der Waals surface area contributed by atoms with Crippen molar-refractivity contribution in [2.75, 3.05) is 13.2 Å². The van der Waals surface area contributed by atoms with E-state index in [4.69, 9.17) is 9.47 Å². The van der Waals surface area contributed by atoms with Crippen molar-refractivity contribution in [3.8, 4) is 22.9 Å². The number of hydrogen-bond donors (Lipinski definition) is 1. The van der Waals surface area contributed by atoms with Gasteiger partial charge in [-0.05, 0) is 55.7 Å². The van der Waals surface area contributed by atoms with Crippen molar-refractivity contribution < 1.29 is 31.1 Å². The van der Waals surface area contributed by atoms with Gasteiger partial charge in [-0.15, -0.1) is 5.10 Å². The lowest BCUT2D eigenvalue weighted by Crippen LogP contribution is -2.59. The van der Waals surface area contributed by atoms with Crippen LogP contribution in [0.2, 0.25) is 0 Å². The highest BCUT2D eigenvalue weighted by Gasteiger charge is 2.52.